The highest BCUT2D eigenvalue weighted by atomic mass is 16.6. The first-order valence-electron chi connectivity index (χ1n) is 25.0. The van der Waals surface area contributed by atoms with Crippen LogP contribution in [0.3, 0.4) is 0 Å². The topological polar surface area (TPSA) is 102 Å². The van der Waals surface area contributed by atoms with Crippen molar-refractivity contribution in [1.82, 2.24) is 0 Å². The number of rotatable bonds is 44. The van der Waals surface area contributed by atoms with Gasteiger partial charge in [-0.15, -0.1) is 0 Å². The van der Waals surface area contributed by atoms with Crippen LogP contribution >= 0.6 is 0 Å². The summed E-state index contributed by atoms with van der Waals surface area (Å²) in [6, 6.07) is -0.731. The summed E-state index contributed by atoms with van der Waals surface area (Å²) in [6.45, 7) is 4.51. The molecule has 0 saturated heterocycles. The fraction of sp³-hybridized carbons (Fsp3) is 0.722. The van der Waals surface area contributed by atoms with Gasteiger partial charge in [-0.1, -0.05) is 177 Å². The number of carboxylic acids is 1. The molecule has 0 fully saturated rings. The Kier molecular flexibility index (Phi) is 42.1. The molecule has 0 aliphatic rings. The van der Waals surface area contributed by atoms with Gasteiger partial charge in [-0.2, -0.15) is 0 Å². The van der Waals surface area contributed by atoms with Gasteiger partial charge in [0.1, 0.15) is 12.6 Å². The van der Waals surface area contributed by atoms with Crippen molar-refractivity contribution in [3.05, 3.63) is 72.9 Å². The molecule has 2 atom stereocenters. The minimum Gasteiger partial charge on any atom is -0.544 e. The summed E-state index contributed by atoms with van der Waals surface area (Å²) < 4.78 is 17.2. The van der Waals surface area contributed by atoms with Crippen molar-refractivity contribution in [3.63, 3.8) is 0 Å². The Morgan fingerprint density at radius 1 is 0.516 bits per heavy atom. The fourth-order valence-electron chi connectivity index (χ4n) is 6.99. The molecule has 0 amide bonds. The van der Waals surface area contributed by atoms with E-state index in [1.807, 2.05) is 0 Å². The third kappa shape index (κ3) is 42.1. The second kappa shape index (κ2) is 44.4. The summed E-state index contributed by atoms with van der Waals surface area (Å²) in [6.07, 6.45) is 56.4. The number of carbonyl (C=O) groups is 3. The van der Waals surface area contributed by atoms with Crippen molar-refractivity contribution in [2.75, 3.05) is 41.0 Å². The van der Waals surface area contributed by atoms with Gasteiger partial charge < -0.3 is 28.6 Å². The summed E-state index contributed by atoms with van der Waals surface area (Å²) in [5.74, 6) is -1.76. The predicted octanol–water partition coefficient (Wildman–Crippen LogP) is 13.0. The molecule has 0 heterocycles. The lowest BCUT2D eigenvalue weighted by Gasteiger charge is -2.34. The fourth-order valence-corrected chi connectivity index (χ4v) is 6.99. The van der Waals surface area contributed by atoms with E-state index < -0.39 is 18.1 Å². The number of carboxylic acid groups (broad SMARTS) is 1. The van der Waals surface area contributed by atoms with Crippen LogP contribution in [0.15, 0.2) is 72.9 Å². The lowest BCUT2D eigenvalue weighted by molar-refractivity contribution is -0.889. The van der Waals surface area contributed by atoms with Crippen LogP contribution in [0.5, 0.6) is 0 Å². The third-order valence-corrected chi connectivity index (χ3v) is 10.9. The molecule has 0 N–H and O–H groups in total. The average molecular weight is 868 g/mol. The molecule has 0 spiro atoms. The highest BCUT2D eigenvalue weighted by Crippen LogP contribution is 2.14. The maximum absolute atomic E-state index is 12.8. The molecule has 0 aliphatic heterocycles. The van der Waals surface area contributed by atoms with Crippen LogP contribution in [0, 0.1) is 0 Å². The molecule has 0 aromatic heterocycles. The van der Waals surface area contributed by atoms with Crippen molar-refractivity contribution >= 4 is 17.9 Å². The minimum atomic E-state index is -1.13. The van der Waals surface area contributed by atoms with Gasteiger partial charge in [-0.3, -0.25) is 9.59 Å². The lowest BCUT2D eigenvalue weighted by Crippen LogP contribution is -2.55. The Hall–Kier alpha value is -3.23. The maximum Gasteiger partial charge on any atom is 0.306 e. The highest BCUT2D eigenvalue weighted by molar-refractivity contribution is 5.70. The average Bonchev–Trinajstić information content (AvgIpc) is 3.23. The van der Waals surface area contributed by atoms with E-state index in [4.69, 9.17) is 14.2 Å². The molecule has 0 aliphatic carbocycles. The number of likely N-dealkylation sites (N-methyl/N-ethyl adjacent to an activating group) is 1. The molecule has 0 saturated carbocycles. The van der Waals surface area contributed by atoms with Crippen molar-refractivity contribution in [3.8, 4) is 0 Å². The summed E-state index contributed by atoms with van der Waals surface area (Å²) in [4.78, 5) is 37.0. The summed E-state index contributed by atoms with van der Waals surface area (Å²) in [5, 5.41) is 11.7. The zero-order chi connectivity index (χ0) is 45.6. The van der Waals surface area contributed by atoms with E-state index in [0.29, 0.717) is 12.8 Å². The second-order valence-corrected chi connectivity index (χ2v) is 17.7. The van der Waals surface area contributed by atoms with Crippen LogP contribution in [-0.4, -0.2) is 75.5 Å². The lowest BCUT2D eigenvalue weighted by atomic mass is 10.1. The number of hydrogen-bond acceptors (Lipinski definition) is 7. The van der Waals surface area contributed by atoms with Crippen molar-refractivity contribution in [2.45, 2.75) is 212 Å². The molecule has 8 heteroatoms. The van der Waals surface area contributed by atoms with Gasteiger partial charge in [0.2, 0.25) is 0 Å². The molecule has 356 valence electrons. The molecule has 0 bridgehead atoms. The number of nitrogens with zero attached hydrogens (tertiary/aromatic N) is 1. The highest BCUT2D eigenvalue weighted by Gasteiger charge is 2.25. The SMILES string of the molecule is CC/C=C/C/C=C/C/C=C/C/C=C/CCCCCCCCCCCCC(=O)OCC(COCCC(C(=O)[O-])[N+](C)(C)C)OC(=O)CCCCCCCC/C=C/C=C/CCCCC. The standard InChI is InChI=1S/C54H93NO7/c1-6-8-10-12-14-16-18-20-22-23-24-25-26-27-28-29-31-32-34-36-38-40-42-44-52(56)61-49-50(48-60-47-46-51(54(58)59)55(3,4)5)62-53(57)45-43-41-39-37-35-33-30-21-19-17-15-13-11-9-7-2/h8,10,14-17,19-22,24-25,50-51H,6-7,9,11-13,18,23,26-49H2,1-5H3/b10-8+,16-14+,17-15+,21-19+,22-20+,25-24+. The van der Waals surface area contributed by atoms with Gasteiger partial charge >= 0.3 is 11.9 Å². The number of hydrogen-bond donors (Lipinski definition) is 0. The molecule has 0 rings (SSSR count). The van der Waals surface area contributed by atoms with Gasteiger partial charge in [-0.25, -0.2) is 0 Å². The predicted molar refractivity (Wildman–Crippen MR) is 259 cm³/mol. The first kappa shape index (κ1) is 58.8. The number of carbonyl (C=O) groups excluding carboxylic acids is 3. The summed E-state index contributed by atoms with van der Waals surface area (Å²) in [7, 11) is 5.40. The van der Waals surface area contributed by atoms with Crippen LogP contribution < -0.4 is 5.11 Å². The molecule has 8 nitrogen and oxygen atoms in total. The second-order valence-electron chi connectivity index (χ2n) is 17.7. The zero-order valence-corrected chi connectivity index (χ0v) is 40.5. The quantitative estimate of drug-likeness (QED) is 0.0198. The van der Waals surface area contributed by atoms with Crippen LogP contribution in [0.25, 0.3) is 0 Å². The number of unbranched alkanes of at least 4 members (excludes halogenated alkanes) is 19. The number of aliphatic carboxylic acids is 1. The number of quaternary nitrogens is 1. The molecule has 0 aromatic rings. The van der Waals surface area contributed by atoms with Crippen molar-refractivity contribution in [1.29, 1.82) is 0 Å². The first-order chi connectivity index (χ1) is 30.1. The molecule has 0 radical (unpaired) electrons. The smallest absolute Gasteiger partial charge is 0.306 e. The van der Waals surface area contributed by atoms with Crippen molar-refractivity contribution in [2.24, 2.45) is 0 Å². The molecule has 0 aromatic carbocycles. The van der Waals surface area contributed by atoms with E-state index in [-0.39, 0.29) is 42.7 Å². The normalized spacial score (nSPS) is 13.5. The van der Waals surface area contributed by atoms with Crippen LogP contribution in [0.2, 0.25) is 0 Å². The molecular formula is C54H93NO7. The first-order valence-corrected chi connectivity index (χ1v) is 25.0. The largest absolute Gasteiger partial charge is 0.544 e. The summed E-state index contributed by atoms with van der Waals surface area (Å²) >= 11 is 0. The van der Waals surface area contributed by atoms with E-state index >= 15 is 0 Å². The van der Waals surface area contributed by atoms with Crippen molar-refractivity contribution < 1.29 is 38.2 Å². The number of allylic oxidation sites excluding steroid dienone is 12. The zero-order valence-electron chi connectivity index (χ0n) is 40.5. The maximum atomic E-state index is 12.8. The number of esters is 2. The number of ether oxygens (including phenoxy) is 3. The Bertz CT molecular complexity index is 1240. The van der Waals surface area contributed by atoms with Crippen LogP contribution in [0.1, 0.15) is 200 Å². The van der Waals surface area contributed by atoms with E-state index in [2.05, 4.69) is 86.8 Å². The van der Waals surface area contributed by atoms with E-state index in [0.717, 1.165) is 83.5 Å². The molecular weight excluding hydrogens is 775 g/mol. The van der Waals surface area contributed by atoms with Gasteiger partial charge in [0, 0.05) is 19.3 Å². The Morgan fingerprint density at radius 2 is 0.952 bits per heavy atom. The Labute approximate surface area is 381 Å². The molecule has 62 heavy (non-hydrogen) atoms. The van der Waals surface area contributed by atoms with E-state index in [1.54, 1.807) is 21.1 Å². The van der Waals surface area contributed by atoms with Gasteiger partial charge in [-0.05, 0) is 77.0 Å². The van der Waals surface area contributed by atoms with Crippen LogP contribution in [-0.2, 0) is 28.6 Å². The van der Waals surface area contributed by atoms with Gasteiger partial charge in [0.05, 0.1) is 40.3 Å². The third-order valence-electron chi connectivity index (χ3n) is 10.9. The van der Waals surface area contributed by atoms with Gasteiger partial charge in [0.25, 0.3) is 0 Å². The minimum absolute atomic E-state index is 0.0321. The Morgan fingerprint density at radius 3 is 1.44 bits per heavy atom. The monoisotopic (exact) mass is 868 g/mol. The van der Waals surface area contributed by atoms with Gasteiger partial charge in [0.15, 0.2) is 6.10 Å². The van der Waals surface area contributed by atoms with E-state index in [9.17, 15) is 19.5 Å². The Balaban J connectivity index is 4.25. The van der Waals surface area contributed by atoms with Crippen LogP contribution in [0.4, 0.5) is 0 Å². The molecule has 2 unspecified atom stereocenters. The summed E-state index contributed by atoms with van der Waals surface area (Å²) in [5.41, 5.74) is 0. The van der Waals surface area contributed by atoms with E-state index in [1.165, 1.54) is 83.5 Å².